The van der Waals surface area contributed by atoms with Crippen LogP contribution in [-0.2, 0) is 22.6 Å². The van der Waals surface area contributed by atoms with Crippen LogP contribution in [0.4, 0.5) is 9.18 Å². The molecular weight excluding hydrogens is 343 g/mol. The predicted molar refractivity (Wildman–Crippen MR) is 88.1 cm³/mol. The smallest absolute Gasteiger partial charge is 0.410 e. The van der Waals surface area contributed by atoms with Crippen molar-refractivity contribution in [3.8, 4) is 5.69 Å². The molecule has 3 rings (SSSR count). The summed E-state index contributed by atoms with van der Waals surface area (Å²) in [6.45, 7) is 6.02. The van der Waals surface area contributed by atoms with Gasteiger partial charge in [-0.1, -0.05) is 0 Å². The van der Waals surface area contributed by atoms with Gasteiger partial charge in [0, 0.05) is 17.8 Å². The molecule has 1 amide bonds. The minimum atomic E-state index is -0.716. The number of aromatic nitrogens is 3. The number of halogens is 1. The fourth-order valence-electron chi connectivity index (χ4n) is 2.54. The van der Waals surface area contributed by atoms with E-state index in [2.05, 4.69) is 14.8 Å². The second-order valence-electron chi connectivity index (χ2n) is 6.89. The molecule has 0 N–H and O–H groups in total. The van der Waals surface area contributed by atoms with Gasteiger partial charge < -0.3 is 9.47 Å². The lowest BCUT2D eigenvalue weighted by Crippen LogP contribution is -2.33. The first kappa shape index (κ1) is 17.8. The number of nitrogens with zero attached hydrogens (tertiary/aromatic N) is 4. The Kier molecular flexibility index (Phi) is 4.39. The van der Waals surface area contributed by atoms with Gasteiger partial charge in [-0.25, -0.2) is 23.6 Å². The number of methoxy groups -OCH3 is 1. The van der Waals surface area contributed by atoms with E-state index in [1.165, 1.54) is 22.9 Å². The molecule has 0 aromatic carbocycles. The Hall–Kier alpha value is -2.97. The molecular formula is C17H19FN4O4. The van der Waals surface area contributed by atoms with Crippen molar-refractivity contribution in [2.75, 3.05) is 7.11 Å². The van der Waals surface area contributed by atoms with Crippen LogP contribution in [0, 0.1) is 5.82 Å². The quantitative estimate of drug-likeness (QED) is 0.763. The lowest BCUT2D eigenvalue weighted by molar-refractivity contribution is 0.0239. The maximum absolute atomic E-state index is 14.3. The highest BCUT2D eigenvalue weighted by Gasteiger charge is 2.30. The van der Waals surface area contributed by atoms with E-state index < -0.39 is 23.5 Å². The van der Waals surface area contributed by atoms with Crippen molar-refractivity contribution in [3.63, 3.8) is 0 Å². The highest BCUT2D eigenvalue weighted by Crippen LogP contribution is 2.25. The average Bonchev–Trinajstić information content (AvgIpc) is 3.11. The van der Waals surface area contributed by atoms with E-state index in [1.807, 2.05) is 0 Å². The molecule has 0 bridgehead atoms. The minimum absolute atomic E-state index is 0.107. The molecule has 0 saturated carbocycles. The van der Waals surface area contributed by atoms with Crippen molar-refractivity contribution in [1.82, 2.24) is 19.7 Å². The SMILES string of the molecule is COC(=O)c1cc(F)c(-n2cc3c(n2)CN(C(=O)OC(C)(C)C)C3)cn1. The number of ether oxygens (including phenoxy) is 2. The van der Waals surface area contributed by atoms with Crippen LogP contribution < -0.4 is 0 Å². The second kappa shape index (κ2) is 6.40. The lowest BCUT2D eigenvalue weighted by Gasteiger charge is -2.24. The Labute approximate surface area is 149 Å². The molecule has 3 heterocycles. The third kappa shape index (κ3) is 3.51. The molecule has 0 saturated heterocycles. The second-order valence-corrected chi connectivity index (χ2v) is 6.89. The van der Waals surface area contributed by atoms with Crippen LogP contribution in [0.1, 0.15) is 42.5 Å². The zero-order valence-electron chi connectivity index (χ0n) is 14.9. The van der Waals surface area contributed by atoms with Crippen LogP contribution in [0.5, 0.6) is 0 Å². The monoisotopic (exact) mass is 362 g/mol. The maximum atomic E-state index is 14.3. The highest BCUT2D eigenvalue weighted by atomic mass is 19.1. The summed E-state index contributed by atoms with van der Waals surface area (Å²) in [5, 5.41) is 4.32. The van der Waals surface area contributed by atoms with Crippen LogP contribution in [0.3, 0.4) is 0 Å². The summed E-state index contributed by atoms with van der Waals surface area (Å²) < 4.78 is 25.5. The van der Waals surface area contributed by atoms with E-state index >= 15 is 0 Å². The number of carbonyl (C=O) groups is 2. The molecule has 1 aliphatic rings. The van der Waals surface area contributed by atoms with Gasteiger partial charge in [0.05, 0.1) is 32.1 Å². The zero-order chi connectivity index (χ0) is 19.1. The number of esters is 1. The largest absolute Gasteiger partial charge is 0.464 e. The molecule has 0 aliphatic carbocycles. The summed E-state index contributed by atoms with van der Waals surface area (Å²) in [4.78, 5) is 28.9. The van der Waals surface area contributed by atoms with Crippen LogP contribution >= 0.6 is 0 Å². The number of fused-ring (bicyclic) bond motifs is 1. The van der Waals surface area contributed by atoms with Gasteiger partial charge >= 0.3 is 12.1 Å². The van der Waals surface area contributed by atoms with Crippen LogP contribution in [0.25, 0.3) is 5.69 Å². The first-order valence-electron chi connectivity index (χ1n) is 7.97. The predicted octanol–water partition coefficient (Wildman–Crippen LogP) is 2.44. The van der Waals surface area contributed by atoms with Crippen LogP contribution in [0.2, 0.25) is 0 Å². The summed E-state index contributed by atoms with van der Waals surface area (Å²) in [7, 11) is 1.20. The van der Waals surface area contributed by atoms with Crippen LogP contribution in [0.15, 0.2) is 18.5 Å². The van der Waals surface area contributed by atoms with Crippen molar-refractivity contribution in [2.45, 2.75) is 39.5 Å². The summed E-state index contributed by atoms with van der Waals surface area (Å²) in [5.41, 5.74) is 0.868. The lowest BCUT2D eigenvalue weighted by atomic mass is 10.2. The van der Waals surface area contributed by atoms with Crippen molar-refractivity contribution in [1.29, 1.82) is 0 Å². The van der Waals surface area contributed by atoms with Gasteiger partial charge in [-0.2, -0.15) is 5.10 Å². The van der Waals surface area contributed by atoms with Gasteiger partial charge in [0.15, 0.2) is 11.5 Å². The molecule has 26 heavy (non-hydrogen) atoms. The normalized spacial score (nSPS) is 13.5. The average molecular weight is 362 g/mol. The molecule has 2 aromatic heterocycles. The Balaban J connectivity index is 1.77. The van der Waals surface area contributed by atoms with Crippen molar-refractivity contribution in [2.24, 2.45) is 0 Å². The first-order chi connectivity index (χ1) is 12.2. The summed E-state index contributed by atoms with van der Waals surface area (Å²) >= 11 is 0. The Morgan fingerprint density at radius 1 is 1.27 bits per heavy atom. The number of amides is 1. The van der Waals surface area contributed by atoms with Crippen LogP contribution in [-0.4, -0.2) is 44.4 Å². The van der Waals surface area contributed by atoms with E-state index in [9.17, 15) is 14.0 Å². The molecule has 0 radical (unpaired) electrons. The zero-order valence-corrected chi connectivity index (χ0v) is 14.9. The number of hydrogen-bond donors (Lipinski definition) is 0. The number of pyridine rings is 1. The summed E-state index contributed by atoms with van der Waals surface area (Å²) in [6.07, 6.45) is 2.44. The molecule has 0 spiro atoms. The van der Waals surface area contributed by atoms with E-state index in [-0.39, 0.29) is 17.9 Å². The van der Waals surface area contributed by atoms with Gasteiger partial charge in [0.2, 0.25) is 0 Å². The van der Waals surface area contributed by atoms with E-state index in [0.29, 0.717) is 12.2 Å². The minimum Gasteiger partial charge on any atom is -0.464 e. The number of hydrogen-bond acceptors (Lipinski definition) is 6. The van der Waals surface area contributed by atoms with Crippen molar-refractivity contribution >= 4 is 12.1 Å². The molecule has 0 fully saturated rings. The van der Waals surface area contributed by atoms with E-state index in [4.69, 9.17) is 4.74 Å². The van der Waals surface area contributed by atoms with Gasteiger partial charge in [-0.15, -0.1) is 0 Å². The molecule has 1 aliphatic heterocycles. The molecule has 8 nitrogen and oxygen atoms in total. The van der Waals surface area contributed by atoms with Crippen molar-refractivity contribution < 1.29 is 23.5 Å². The molecule has 138 valence electrons. The Bertz CT molecular complexity index is 849. The standard InChI is InChI=1S/C17H19FN4O4/c1-17(2,3)26-16(24)21-7-10-8-22(20-13(10)9-21)14-6-19-12(5-11(14)18)15(23)25-4/h5-6,8H,7,9H2,1-4H3. The topological polar surface area (TPSA) is 86.6 Å². The Morgan fingerprint density at radius 3 is 2.58 bits per heavy atom. The summed E-state index contributed by atoms with van der Waals surface area (Å²) in [6, 6.07) is 1.00. The van der Waals surface area contributed by atoms with Gasteiger partial charge in [0.25, 0.3) is 0 Å². The third-order valence-electron chi connectivity index (χ3n) is 3.71. The third-order valence-corrected chi connectivity index (χ3v) is 3.71. The van der Waals surface area contributed by atoms with E-state index in [1.54, 1.807) is 27.0 Å². The molecule has 0 atom stereocenters. The summed E-state index contributed by atoms with van der Waals surface area (Å²) in [5.74, 6) is -1.36. The maximum Gasteiger partial charge on any atom is 0.410 e. The molecule has 0 unspecified atom stereocenters. The van der Waals surface area contributed by atoms with Gasteiger partial charge in [-0.3, -0.25) is 4.90 Å². The van der Waals surface area contributed by atoms with Crippen molar-refractivity contribution in [3.05, 3.63) is 41.2 Å². The fraction of sp³-hybridized carbons (Fsp3) is 0.412. The van der Waals surface area contributed by atoms with Gasteiger partial charge in [-0.05, 0) is 20.8 Å². The highest BCUT2D eigenvalue weighted by molar-refractivity contribution is 5.87. The number of carbonyl (C=O) groups excluding carboxylic acids is 2. The number of rotatable bonds is 2. The molecule has 2 aromatic rings. The van der Waals surface area contributed by atoms with E-state index in [0.717, 1.165) is 11.6 Å². The Morgan fingerprint density at radius 2 is 2.00 bits per heavy atom. The fourth-order valence-corrected chi connectivity index (χ4v) is 2.54. The molecule has 9 heteroatoms. The van der Waals surface area contributed by atoms with Gasteiger partial charge in [0.1, 0.15) is 11.3 Å². The first-order valence-corrected chi connectivity index (χ1v) is 7.97.